The lowest BCUT2D eigenvalue weighted by molar-refractivity contribution is -0.131. The van der Waals surface area contributed by atoms with Crippen molar-refractivity contribution in [3.8, 4) is 0 Å². The molecule has 2 aromatic carbocycles. The fourth-order valence-electron chi connectivity index (χ4n) is 2.70. The maximum absolute atomic E-state index is 13.0. The summed E-state index contributed by atoms with van der Waals surface area (Å²) in [5.41, 5.74) is 1.80. The van der Waals surface area contributed by atoms with E-state index in [-0.39, 0.29) is 24.8 Å². The average molecular weight is 392 g/mol. The molecule has 0 heterocycles. The van der Waals surface area contributed by atoms with Crippen LogP contribution in [0.4, 0.5) is 4.39 Å². The van der Waals surface area contributed by atoms with E-state index in [4.69, 9.17) is 0 Å². The van der Waals surface area contributed by atoms with Crippen molar-refractivity contribution in [2.45, 2.75) is 19.9 Å². The van der Waals surface area contributed by atoms with Crippen LogP contribution in [-0.4, -0.2) is 49.4 Å². The van der Waals surface area contributed by atoms with Gasteiger partial charge in [-0.1, -0.05) is 42.5 Å². The summed E-state index contributed by atoms with van der Waals surface area (Å²) >= 11 is 0. The number of hydrogen-bond acceptors (Lipinski definition) is 3. The zero-order chi connectivity index (χ0) is 19.9. The summed E-state index contributed by atoms with van der Waals surface area (Å²) in [6.45, 7) is 2.75. The molecule has 0 saturated carbocycles. The molecule has 2 rings (SSSR count). The maximum Gasteiger partial charge on any atom is 0.238 e. The second-order valence-electron chi connectivity index (χ2n) is 6.37. The van der Waals surface area contributed by atoms with Crippen LogP contribution >= 0.6 is 0 Å². The number of likely N-dealkylation sites (N-methyl/N-ethyl adjacent to an activating group) is 1. The van der Waals surface area contributed by atoms with Crippen LogP contribution < -0.4 is 0 Å². The van der Waals surface area contributed by atoms with Crippen molar-refractivity contribution in [3.05, 3.63) is 71.5 Å². The molecule has 0 radical (unpaired) electrons. The van der Waals surface area contributed by atoms with Crippen molar-refractivity contribution in [2.24, 2.45) is 0 Å². The van der Waals surface area contributed by atoms with Gasteiger partial charge in [-0.15, -0.1) is 0 Å². The summed E-state index contributed by atoms with van der Waals surface area (Å²) in [7, 11) is -3.54. The van der Waals surface area contributed by atoms with Crippen LogP contribution in [0.5, 0.6) is 0 Å². The van der Waals surface area contributed by atoms with Crippen LogP contribution in [0, 0.1) is 5.82 Å². The molecule has 0 spiro atoms. The number of rotatable bonds is 9. The maximum atomic E-state index is 13.0. The van der Waals surface area contributed by atoms with Crippen molar-refractivity contribution in [2.75, 3.05) is 25.9 Å². The van der Waals surface area contributed by atoms with E-state index >= 15 is 0 Å². The lowest BCUT2D eigenvalue weighted by atomic mass is 10.1. The zero-order valence-corrected chi connectivity index (χ0v) is 16.5. The lowest BCUT2D eigenvalue weighted by Gasteiger charge is -2.25. The largest absolute Gasteiger partial charge is 0.338 e. The minimum Gasteiger partial charge on any atom is -0.338 e. The first-order valence-electron chi connectivity index (χ1n) is 8.81. The van der Waals surface area contributed by atoms with Gasteiger partial charge in [-0.2, -0.15) is 4.31 Å². The van der Waals surface area contributed by atoms with Crippen LogP contribution in [-0.2, 0) is 27.8 Å². The van der Waals surface area contributed by atoms with Gasteiger partial charge in [-0.3, -0.25) is 4.79 Å². The second kappa shape index (κ2) is 9.62. The number of hydrogen-bond donors (Lipinski definition) is 0. The quantitative estimate of drug-likeness (QED) is 0.659. The molecule has 0 fully saturated rings. The molecule has 0 aliphatic carbocycles. The Labute approximate surface area is 160 Å². The highest BCUT2D eigenvalue weighted by Crippen LogP contribution is 2.09. The van der Waals surface area contributed by atoms with Gasteiger partial charge in [0.15, 0.2) is 0 Å². The van der Waals surface area contributed by atoms with Crippen LogP contribution in [0.2, 0.25) is 0 Å². The van der Waals surface area contributed by atoms with Crippen LogP contribution in [0.3, 0.4) is 0 Å². The summed E-state index contributed by atoms with van der Waals surface area (Å²) in [6, 6.07) is 15.5. The standard InChI is InChI=1S/C20H25FN2O3S/c1-3-22(15-18-7-5-4-6-8-18)20(24)16-23(27(2,25)26)14-13-17-9-11-19(21)12-10-17/h4-12H,3,13-16H2,1-2H3. The molecule has 7 heteroatoms. The molecule has 1 amide bonds. The number of halogens is 1. The van der Waals surface area contributed by atoms with Gasteiger partial charge >= 0.3 is 0 Å². The highest BCUT2D eigenvalue weighted by molar-refractivity contribution is 7.88. The van der Waals surface area contributed by atoms with E-state index in [9.17, 15) is 17.6 Å². The molecule has 0 aliphatic rings. The van der Waals surface area contributed by atoms with Gasteiger partial charge < -0.3 is 4.90 Å². The third kappa shape index (κ3) is 6.77. The van der Waals surface area contributed by atoms with E-state index in [0.29, 0.717) is 19.5 Å². The number of nitrogens with zero attached hydrogens (tertiary/aromatic N) is 2. The topological polar surface area (TPSA) is 57.7 Å². The number of benzene rings is 2. The van der Waals surface area contributed by atoms with E-state index in [1.807, 2.05) is 37.3 Å². The Bertz CT molecular complexity index is 839. The molecule has 0 aliphatic heterocycles. The molecular formula is C20H25FN2O3S. The van der Waals surface area contributed by atoms with Gasteiger partial charge in [0.05, 0.1) is 12.8 Å². The fraction of sp³-hybridized carbons (Fsp3) is 0.350. The summed E-state index contributed by atoms with van der Waals surface area (Å²) in [6.07, 6.45) is 1.50. The molecule has 146 valence electrons. The van der Waals surface area contributed by atoms with Crippen LogP contribution in [0.15, 0.2) is 54.6 Å². The van der Waals surface area contributed by atoms with E-state index in [1.54, 1.807) is 17.0 Å². The molecule has 5 nitrogen and oxygen atoms in total. The van der Waals surface area contributed by atoms with Gasteiger partial charge in [-0.05, 0) is 36.6 Å². The van der Waals surface area contributed by atoms with E-state index < -0.39 is 10.0 Å². The SMILES string of the molecule is CCN(Cc1ccccc1)C(=O)CN(CCc1ccc(F)cc1)S(C)(=O)=O. The van der Waals surface area contributed by atoms with Crippen molar-refractivity contribution in [3.63, 3.8) is 0 Å². The van der Waals surface area contributed by atoms with Gasteiger partial charge in [0.2, 0.25) is 15.9 Å². The van der Waals surface area contributed by atoms with Crippen molar-refractivity contribution < 1.29 is 17.6 Å². The fourth-order valence-corrected chi connectivity index (χ4v) is 3.47. The predicted octanol–water partition coefficient (Wildman–Crippen LogP) is 2.68. The summed E-state index contributed by atoms with van der Waals surface area (Å²) in [4.78, 5) is 14.3. The summed E-state index contributed by atoms with van der Waals surface area (Å²) in [5.74, 6) is -0.584. The Kier molecular flexibility index (Phi) is 7.50. The summed E-state index contributed by atoms with van der Waals surface area (Å²) < 4.78 is 38.4. The first kappa shape index (κ1) is 21.1. The van der Waals surface area contributed by atoms with Crippen molar-refractivity contribution >= 4 is 15.9 Å². The molecule has 0 N–H and O–H groups in total. The molecule has 0 unspecified atom stereocenters. The van der Waals surface area contributed by atoms with Crippen LogP contribution in [0.1, 0.15) is 18.1 Å². The zero-order valence-electron chi connectivity index (χ0n) is 15.6. The highest BCUT2D eigenvalue weighted by atomic mass is 32.2. The van der Waals surface area contributed by atoms with E-state index in [1.165, 1.54) is 16.4 Å². The third-order valence-corrected chi connectivity index (χ3v) is 5.54. The molecule has 2 aromatic rings. The number of amides is 1. The Balaban J connectivity index is 2.03. The number of carbonyl (C=O) groups is 1. The molecular weight excluding hydrogens is 367 g/mol. The van der Waals surface area contributed by atoms with Crippen LogP contribution in [0.25, 0.3) is 0 Å². The molecule has 0 atom stereocenters. The summed E-state index contributed by atoms with van der Waals surface area (Å²) in [5, 5.41) is 0. The Morgan fingerprint density at radius 1 is 1.00 bits per heavy atom. The van der Waals surface area contributed by atoms with Crippen molar-refractivity contribution in [1.29, 1.82) is 0 Å². The third-order valence-electron chi connectivity index (χ3n) is 4.29. The first-order valence-corrected chi connectivity index (χ1v) is 10.7. The minimum absolute atomic E-state index is 0.166. The lowest BCUT2D eigenvalue weighted by Crippen LogP contribution is -2.43. The van der Waals surface area contributed by atoms with E-state index in [2.05, 4.69) is 0 Å². The first-order chi connectivity index (χ1) is 12.8. The molecule has 27 heavy (non-hydrogen) atoms. The normalized spacial score (nSPS) is 11.6. The monoisotopic (exact) mass is 392 g/mol. The Morgan fingerprint density at radius 3 is 2.19 bits per heavy atom. The van der Waals surface area contributed by atoms with Gasteiger partial charge in [0.25, 0.3) is 0 Å². The molecule has 0 bridgehead atoms. The van der Waals surface area contributed by atoms with Crippen molar-refractivity contribution in [1.82, 2.24) is 9.21 Å². The highest BCUT2D eigenvalue weighted by Gasteiger charge is 2.23. The molecule has 0 aromatic heterocycles. The Morgan fingerprint density at radius 2 is 1.63 bits per heavy atom. The average Bonchev–Trinajstić information content (AvgIpc) is 2.64. The minimum atomic E-state index is -3.54. The smallest absolute Gasteiger partial charge is 0.238 e. The van der Waals surface area contributed by atoms with Gasteiger partial charge in [0, 0.05) is 19.6 Å². The Hall–Kier alpha value is -2.25. The molecule has 0 saturated heterocycles. The van der Waals surface area contributed by atoms with Gasteiger partial charge in [0.1, 0.15) is 5.82 Å². The second-order valence-corrected chi connectivity index (χ2v) is 8.35. The van der Waals surface area contributed by atoms with E-state index in [0.717, 1.165) is 17.4 Å². The predicted molar refractivity (Wildman–Crippen MR) is 104 cm³/mol. The number of carbonyl (C=O) groups excluding carboxylic acids is 1. The van der Waals surface area contributed by atoms with Gasteiger partial charge in [-0.25, -0.2) is 12.8 Å². The number of sulfonamides is 1.